The van der Waals surface area contributed by atoms with Crippen LogP contribution >= 0.6 is 11.6 Å². The van der Waals surface area contributed by atoms with E-state index in [4.69, 9.17) is 25.8 Å². The van der Waals surface area contributed by atoms with Gasteiger partial charge in [-0.1, -0.05) is 12.1 Å². The lowest BCUT2D eigenvalue weighted by atomic mass is 10.2. The Balaban J connectivity index is 2.60. The van der Waals surface area contributed by atoms with Crippen LogP contribution in [0.15, 0.2) is 18.2 Å². The smallest absolute Gasteiger partial charge is 0.165 e. The van der Waals surface area contributed by atoms with Gasteiger partial charge >= 0.3 is 0 Å². The topological polar surface area (TPSA) is 27.7 Å². The van der Waals surface area contributed by atoms with Crippen LogP contribution in [-0.2, 0) is 10.6 Å². The number of hydrogen-bond donors (Lipinski definition) is 0. The number of unbranched alkanes of at least 4 members (excludes halogenated alkanes) is 1. The van der Waals surface area contributed by atoms with E-state index in [0.29, 0.717) is 19.1 Å². The van der Waals surface area contributed by atoms with Crippen LogP contribution in [0.25, 0.3) is 0 Å². The lowest BCUT2D eigenvalue weighted by Crippen LogP contribution is -2.04. The first kappa shape index (κ1) is 15.1. The number of benzene rings is 1. The minimum atomic E-state index is 0.425. The van der Waals surface area contributed by atoms with E-state index in [9.17, 15) is 0 Å². The second-order valence-electron chi connectivity index (χ2n) is 3.86. The third kappa shape index (κ3) is 4.75. The van der Waals surface area contributed by atoms with Crippen molar-refractivity contribution in [2.24, 2.45) is 0 Å². The number of halogens is 1. The monoisotopic (exact) mass is 272 g/mol. The minimum Gasteiger partial charge on any atom is -0.490 e. The molecule has 0 saturated heterocycles. The maximum absolute atomic E-state index is 5.91. The molecule has 0 heterocycles. The molecule has 1 aromatic rings. The first-order valence-corrected chi connectivity index (χ1v) is 6.79. The summed E-state index contributed by atoms with van der Waals surface area (Å²) in [5.41, 5.74) is 0.967. The Morgan fingerprint density at radius 3 is 2.56 bits per heavy atom. The Labute approximate surface area is 114 Å². The summed E-state index contributed by atoms with van der Waals surface area (Å²) in [5.74, 6) is 1.96. The molecule has 0 aliphatic carbocycles. The molecule has 1 aromatic carbocycles. The normalized spacial score (nSPS) is 10.4. The van der Waals surface area contributed by atoms with Gasteiger partial charge in [0.05, 0.1) is 19.1 Å². The first-order chi connectivity index (χ1) is 8.83. The van der Waals surface area contributed by atoms with E-state index in [1.165, 1.54) is 0 Å². The average Bonchev–Trinajstić information content (AvgIpc) is 2.40. The summed E-state index contributed by atoms with van der Waals surface area (Å²) in [4.78, 5) is 0. The van der Waals surface area contributed by atoms with Gasteiger partial charge in [-0.3, -0.25) is 0 Å². The van der Waals surface area contributed by atoms with Gasteiger partial charge in [0.25, 0.3) is 0 Å². The molecule has 0 spiro atoms. The predicted molar refractivity (Wildman–Crippen MR) is 73.8 cm³/mol. The molecule has 0 saturated carbocycles. The van der Waals surface area contributed by atoms with Crippen LogP contribution in [0, 0.1) is 0 Å². The molecule has 102 valence electrons. The van der Waals surface area contributed by atoms with Crippen molar-refractivity contribution in [3.63, 3.8) is 0 Å². The van der Waals surface area contributed by atoms with Crippen molar-refractivity contribution in [2.45, 2.75) is 25.6 Å². The van der Waals surface area contributed by atoms with E-state index in [1.54, 1.807) is 7.11 Å². The SMILES string of the molecule is CCOc1cccc(CCl)c1OCCCCOC. The van der Waals surface area contributed by atoms with Crippen LogP contribution in [-0.4, -0.2) is 26.9 Å². The summed E-state index contributed by atoms with van der Waals surface area (Å²) in [7, 11) is 1.71. The molecule has 0 radical (unpaired) electrons. The van der Waals surface area contributed by atoms with Gasteiger partial charge in [0.15, 0.2) is 11.5 Å². The molecule has 1 rings (SSSR count). The maximum atomic E-state index is 5.91. The lowest BCUT2D eigenvalue weighted by Gasteiger charge is -2.14. The molecule has 0 amide bonds. The molecule has 0 fully saturated rings. The Morgan fingerprint density at radius 2 is 1.89 bits per heavy atom. The van der Waals surface area contributed by atoms with E-state index in [2.05, 4.69) is 0 Å². The number of methoxy groups -OCH3 is 1. The lowest BCUT2D eigenvalue weighted by molar-refractivity contribution is 0.183. The van der Waals surface area contributed by atoms with Crippen molar-refractivity contribution < 1.29 is 14.2 Å². The number of ether oxygens (including phenoxy) is 3. The largest absolute Gasteiger partial charge is 0.490 e. The van der Waals surface area contributed by atoms with Gasteiger partial charge < -0.3 is 14.2 Å². The van der Waals surface area contributed by atoms with Crippen molar-refractivity contribution in [1.29, 1.82) is 0 Å². The average molecular weight is 273 g/mol. The number of alkyl halides is 1. The van der Waals surface area contributed by atoms with Crippen molar-refractivity contribution in [2.75, 3.05) is 26.9 Å². The van der Waals surface area contributed by atoms with Crippen molar-refractivity contribution >= 4 is 11.6 Å². The highest BCUT2D eigenvalue weighted by molar-refractivity contribution is 6.17. The van der Waals surface area contributed by atoms with Gasteiger partial charge in [-0.05, 0) is 25.8 Å². The van der Waals surface area contributed by atoms with Gasteiger partial charge in [0.2, 0.25) is 0 Å². The zero-order valence-corrected chi connectivity index (χ0v) is 11.8. The highest BCUT2D eigenvalue weighted by Crippen LogP contribution is 2.32. The third-order valence-corrected chi connectivity index (χ3v) is 2.78. The minimum absolute atomic E-state index is 0.425. The Kier molecular flexibility index (Phi) is 7.62. The molecule has 0 unspecified atom stereocenters. The Morgan fingerprint density at radius 1 is 1.11 bits per heavy atom. The molecule has 0 aliphatic heterocycles. The van der Waals surface area contributed by atoms with E-state index in [0.717, 1.165) is 36.5 Å². The quantitative estimate of drug-likeness (QED) is 0.507. The van der Waals surface area contributed by atoms with Crippen LogP contribution in [0.2, 0.25) is 0 Å². The van der Waals surface area contributed by atoms with Crippen LogP contribution in [0.3, 0.4) is 0 Å². The fraction of sp³-hybridized carbons (Fsp3) is 0.571. The highest BCUT2D eigenvalue weighted by Gasteiger charge is 2.09. The zero-order chi connectivity index (χ0) is 13.2. The van der Waals surface area contributed by atoms with E-state index in [1.807, 2.05) is 25.1 Å². The maximum Gasteiger partial charge on any atom is 0.165 e. The fourth-order valence-electron chi connectivity index (χ4n) is 1.62. The molecular weight excluding hydrogens is 252 g/mol. The molecule has 0 bridgehead atoms. The van der Waals surface area contributed by atoms with E-state index < -0.39 is 0 Å². The summed E-state index contributed by atoms with van der Waals surface area (Å²) < 4.78 is 16.3. The summed E-state index contributed by atoms with van der Waals surface area (Å²) in [6, 6.07) is 5.80. The number of hydrogen-bond acceptors (Lipinski definition) is 3. The molecular formula is C14H21ClO3. The predicted octanol–water partition coefficient (Wildman–Crippen LogP) is 3.63. The van der Waals surface area contributed by atoms with Gasteiger partial charge in [-0.25, -0.2) is 0 Å². The highest BCUT2D eigenvalue weighted by atomic mass is 35.5. The van der Waals surface area contributed by atoms with Gasteiger partial charge in [0, 0.05) is 19.3 Å². The number of para-hydroxylation sites is 1. The van der Waals surface area contributed by atoms with Gasteiger partial charge in [-0.2, -0.15) is 0 Å². The van der Waals surface area contributed by atoms with Crippen molar-refractivity contribution in [3.8, 4) is 11.5 Å². The fourth-order valence-corrected chi connectivity index (χ4v) is 1.83. The van der Waals surface area contributed by atoms with Crippen LogP contribution < -0.4 is 9.47 Å². The van der Waals surface area contributed by atoms with E-state index in [-0.39, 0.29) is 0 Å². The Bertz CT molecular complexity index is 342. The van der Waals surface area contributed by atoms with Crippen molar-refractivity contribution in [1.82, 2.24) is 0 Å². The van der Waals surface area contributed by atoms with Gasteiger partial charge in [0.1, 0.15) is 0 Å². The molecule has 3 nitrogen and oxygen atoms in total. The third-order valence-electron chi connectivity index (χ3n) is 2.49. The number of rotatable bonds is 9. The molecule has 0 atom stereocenters. The van der Waals surface area contributed by atoms with Gasteiger partial charge in [-0.15, -0.1) is 11.6 Å². The molecule has 18 heavy (non-hydrogen) atoms. The molecule has 0 aliphatic rings. The second-order valence-corrected chi connectivity index (χ2v) is 4.13. The standard InChI is InChI=1S/C14H21ClO3/c1-3-17-13-8-6-7-12(11-15)14(13)18-10-5-4-9-16-2/h6-8H,3-5,9-11H2,1-2H3. The molecule has 0 aromatic heterocycles. The Hall–Kier alpha value is -0.930. The second kappa shape index (κ2) is 9.06. The summed E-state index contributed by atoms with van der Waals surface area (Å²) in [5, 5.41) is 0. The van der Waals surface area contributed by atoms with Crippen LogP contribution in [0.5, 0.6) is 11.5 Å². The molecule has 0 N–H and O–H groups in total. The van der Waals surface area contributed by atoms with Crippen molar-refractivity contribution in [3.05, 3.63) is 23.8 Å². The van der Waals surface area contributed by atoms with E-state index >= 15 is 0 Å². The summed E-state index contributed by atoms with van der Waals surface area (Å²) >= 11 is 5.91. The summed E-state index contributed by atoms with van der Waals surface area (Å²) in [6.45, 7) is 3.98. The molecule has 4 heteroatoms. The van der Waals surface area contributed by atoms with Crippen LogP contribution in [0.4, 0.5) is 0 Å². The zero-order valence-electron chi connectivity index (χ0n) is 11.1. The van der Waals surface area contributed by atoms with Crippen LogP contribution in [0.1, 0.15) is 25.3 Å². The first-order valence-electron chi connectivity index (χ1n) is 6.25. The summed E-state index contributed by atoms with van der Waals surface area (Å²) in [6.07, 6.45) is 1.94.